The number of halogens is 1. The van der Waals surface area contributed by atoms with E-state index in [1.54, 1.807) is 12.1 Å². The first-order valence-electron chi connectivity index (χ1n) is 8.91. The van der Waals surface area contributed by atoms with Crippen molar-refractivity contribution in [3.8, 4) is 5.75 Å². The van der Waals surface area contributed by atoms with Gasteiger partial charge in [-0.05, 0) is 42.7 Å². The Labute approximate surface area is 183 Å². The summed E-state index contributed by atoms with van der Waals surface area (Å²) in [4.78, 5) is 16.5. The molecule has 2 aromatic rings. The molecule has 2 N–H and O–H groups in total. The van der Waals surface area contributed by atoms with Gasteiger partial charge in [0.05, 0.1) is 20.8 Å². The van der Waals surface area contributed by atoms with Crippen molar-refractivity contribution in [2.45, 2.75) is 26.9 Å². The molecule has 0 aliphatic carbocycles. The smallest absolute Gasteiger partial charge is 0.341 e. The first-order chi connectivity index (χ1) is 13.1. The van der Waals surface area contributed by atoms with Crippen LogP contribution in [0.25, 0.3) is 0 Å². The molecule has 0 aliphatic rings. The molecule has 28 heavy (non-hydrogen) atoms. The minimum atomic E-state index is -0.428. The molecule has 0 unspecified atom stereocenters. The molecule has 0 amide bonds. The zero-order valence-electron chi connectivity index (χ0n) is 16.7. The Bertz CT molecular complexity index is 809. The molecule has 6 nitrogen and oxygen atoms in total. The van der Waals surface area contributed by atoms with Crippen LogP contribution in [0.4, 0.5) is 0 Å². The molecule has 2 aromatic carbocycles. The summed E-state index contributed by atoms with van der Waals surface area (Å²) in [7, 11) is 2.88. The monoisotopic (exact) mass is 497 g/mol. The van der Waals surface area contributed by atoms with E-state index in [0.717, 1.165) is 18.1 Å². The van der Waals surface area contributed by atoms with Gasteiger partial charge < -0.3 is 20.1 Å². The summed E-state index contributed by atoms with van der Waals surface area (Å²) in [5, 5.41) is 6.58. The van der Waals surface area contributed by atoms with Gasteiger partial charge in [0.25, 0.3) is 0 Å². The van der Waals surface area contributed by atoms with E-state index in [9.17, 15) is 4.79 Å². The second-order valence-corrected chi connectivity index (χ2v) is 6.00. The lowest BCUT2D eigenvalue weighted by atomic mass is 10.1. The number of nitrogens with zero attached hydrogens (tertiary/aromatic N) is 1. The summed E-state index contributed by atoms with van der Waals surface area (Å²) in [5.74, 6) is 0.776. The molecular formula is C21H28IN3O3. The highest BCUT2D eigenvalue weighted by Gasteiger charge is 2.13. The first-order valence-corrected chi connectivity index (χ1v) is 8.91. The van der Waals surface area contributed by atoms with Gasteiger partial charge >= 0.3 is 5.97 Å². The van der Waals surface area contributed by atoms with Crippen LogP contribution in [0, 0.1) is 6.92 Å². The van der Waals surface area contributed by atoms with Gasteiger partial charge in [-0.2, -0.15) is 0 Å². The molecule has 0 aromatic heterocycles. The number of aryl methyl sites for hydroxylation is 1. The second-order valence-electron chi connectivity index (χ2n) is 6.00. The molecular weight excluding hydrogens is 469 g/mol. The Kier molecular flexibility index (Phi) is 10.4. The van der Waals surface area contributed by atoms with Gasteiger partial charge in [-0.1, -0.05) is 30.3 Å². The van der Waals surface area contributed by atoms with Gasteiger partial charge in [-0.25, -0.2) is 9.79 Å². The van der Waals surface area contributed by atoms with Crippen LogP contribution in [0.15, 0.2) is 47.5 Å². The highest BCUT2D eigenvalue weighted by atomic mass is 127. The lowest BCUT2D eigenvalue weighted by Gasteiger charge is -2.13. The van der Waals surface area contributed by atoms with Crippen LogP contribution >= 0.6 is 24.0 Å². The van der Waals surface area contributed by atoms with Crippen molar-refractivity contribution < 1.29 is 14.3 Å². The van der Waals surface area contributed by atoms with Crippen LogP contribution in [-0.4, -0.2) is 32.7 Å². The number of carbonyl (C=O) groups is 1. The number of methoxy groups -OCH3 is 2. The maximum atomic E-state index is 11.9. The number of carbonyl (C=O) groups excluding carboxylic acids is 1. The van der Waals surface area contributed by atoms with Crippen molar-refractivity contribution >= 4 is 35.9 Å². The number of benzene rings is 2. The summed E-state index contributed by atoms with van der Waals surface area (Å²) >= 11 is 0. The number of nitrogens with one attached hydrogen (secondary N) is 2. The van der Waals surface area contributed by atoms with Gasteiger partial charge in [0.2, 0.25) is 0 Å². The molecule has 0 saturated heterocycles. The molecule has 0 aliphatic heterocycles. The van der Waals surface area contributed by atoms with Crippen molar-refractivity contribution in [1.29, 1.82) is 0 Å². The molecule has 0 heterocycles. The number of ether oxygens (including phenoxy) is 2. The van der Waals surface area contributed by atoms with Crippen molar-refractivity contribution in [2.24, 2.45) is 4.99 Å². The number of guanidine groups is 1. The Morgan fingerprint density at radius 2 is 1.86 bits per heavy atom. The Hall–Kier alpha value is -2.29. The third-order valence-corrected chi connectivity index (χ3v) is 4.14. The average molecular weight is 497 g/mol. The van der Waals surface area contributed by atoms with E-state index in [2.05, 4.69) is 34.7 Å². The maximum absolute atomic E-state index is 11.9. The van der Waals surface area contributed by atoms with Gasteiger partial charge in [0, 0.05) is 13.1 Å². The molecule has 0 saturated carbocycles. The van der Waals surface area contributed by atoms with E-state index in [1.807, 2.05) is 25.1 Å². The van der Waals surface area contributed by atoms with E-state index in [4.69, 9.17) is 9.47 Å². The molecule has 7 heteroatoms. The van der Waals surface area contributed by atoms with Crippen LogP contribution in [0.2, 0.25) is 0 Å². The van der Waals surface area contributed by atoms with E-state index < -0.39 is 5.97 Å². The number of hydrogen-bond acceptors (Lipinski definition) is 4. The summed E-state index contributed by atoms with van der Waals surface area (Å²) in [6.07, 6.45) is 0. The molecule has 2 rings (SSSR count). The molecule has 0 atom stereocenters. The number of rotatable bonds is 7. The minimum absolute atomic E-state index is 0. The van der Waals surface area contributed by atoms with Crippen LogP contribution in [0.5, 0.6) is 5.75 Å². The standard InChI is InChI=1S/C21H27N3O3.HI/c1-5-22-21(24-14-17-9-7-6-8-15(17)2)23-13-16-10-11-19(26-3)18(12-16)20(25)27-4;/h6-12H,5,13-14H2,1-4H3,(H2,22,23,24);1H. The summed E-state index contributed by atoms with van der Waals surface area (Å²) < 4.78 is 10.0. The fourth-order valence-corrected chi connectivity index (χ4v) is 2.62. The van der Waals surface area contributed by atoms with Crippen LogP contribution in [0.1, 0.15) is 34.0 Å². The lowest BCUT2D eigenvalue weighted by molar-refractivity contribution is 0.0597. The SMILES string of the molecule is CCNC(=NCc1ccc(OC)c(C(=O)OC)c1)NCc1ccccc1C.I. The zero-order chi connectivity index (χ0) is 19.6. The number of hydrogen-bond donors (Lipinski definition) is 2. The zero-order valence-corrected chi connectivity index (χ0v) is 19.1. The maximum Gasteiger partial charge on any atom is 0.341 e. The molecule has 0 bridgehead atoms. The average Bonchev–Trinajstić information content (AvgIpc) is 2.70. The summed E-state index contributed by atoms with van der Waals surface area (Å²) in [5.41, 5.74) is 3.74. The predicted molar refractivity (Wildman–Crippen MR) is 123 cm³/mol. The van der Waals surface area contributed by atoms with E-state index in [0.29, 0.717) is 24.4 Å². The Morgan fingerprint density at radius 1 is 1.11 bits per heavy atom. The number of aliphatic imine (C=N–C) groups is 1. The van der Waals surface area contributed by atoms with Gasteiger partial charge in [-0.15, -0.1) is 24.0 Å². The van der Waals surface area contributed by atoms with Crippen LogP contribution in [-0.2, 0) is 17.8 Å². The molecule has 0 spiro atoms. The van der Waals surface area contributed by atoms with Crippen LogP contribution < -0.4 is 15.4 Å². The summed E-state index contributed by atoms with van der Waals surface area (Å²) in [6, 6.07) is 13.6. The fourth-order valence-electron chi connectivity index (χ4n) is 2.62. The second kappa shape index (κ2) is 12.2. The quantitative estimate of drug-likeness (QED) is 0.265. The van der Waals surface area contributed by atoms with Crippen molar-refractivity contribution in [3.63, 3.8) is 0 Å². The minimum Gasteiger partial charge on any atom is -0.496 e. The Morgan fingerprint density at radius 3 is 2.50 bits per heavy atom. The van der Waals surface area contributed by atoms with Gasteiger partial charge in [-0.3, -0.25) is 0 Å². The highest BCUT2D eigenvalue weighted by molar-refractivity contribution is 14.0. The van der Waals surface area contributed by atoms with E-state index >= 15 is 0 Å². The predicted octanol–water partition coefficient (Wildman–Crippen LogP) is 3.66. The van der Waals surface area contributed by atoms with Gasteiger partial charge in [0.1, 0.15) is 11.3 Å². The fraction of sp³-hybridized carbons (Fsp3) is 0.333. The first kappa shape index (κ1) is 23.7. The lowest BCUT2D eigenvalue weighted by Crippen LogP contribution is -2.36. The van der Waals surface area contributed by atoms with Crippen molar-refractivity contribution in [1.82, 2.24) is 10.6 Å². The van der Waals surface area contributed by atoms with Gasteiger partial charge in [0.15, 0.2) is 5.96 Å². The molecule has 0 radical (unpaired) electrons. The van der Waals surface area contributed by atoms with E-state index in [1.165, 1.54) is 25.3 Å². The third kappa shape index (κ3) is 6.70. The Balaban J connectivity index is 0.00000392. The van der Waals surface area contributed by atoms with Crippen molar-refractivity contribution in [2.75, 3.05) is 20.8 Å². The topological polar surface area (TPSA) is 72.0 Å². The van der Waals surface area contributed by atoms with Crippen molar-refractivity contribution in [3.05, 3.63) is 64.7 Å². The highest BCUT2D eigenvalue weighted by Crippen LogP contribution is 2.21. The van der Waals surface area contributed by atoms with Crippen LogP contribution in [0.3, 0.4) is 0 Å². The molecule has 152 valence electrons. The summed E-state index contributed by atoms with van der Waals surface area (Å²) in [6.45, 7) is 5.99. The molecule has 0 fully saturated rings. The normalized spacial score (nSPS) is 10.6. The third-order valence-electron chi connectivity index (χ3n) is 4.14. The van der Waals surface area contributed by atoms with E-state index in [-0.39, 0.29) is 24.0 Å². The number of esters is 1. The largest absolute Gasteiger partial charge is 0.496 e.